The van der Waals surface area contributed by atoms with Crippen molar-refractivity contribution < 1.29 is 19.1 Å². The van der Waals surface area contributed by atoms with E-state index in [0.717, 1.165) is 34.3 Å². The van der Waals surface area contributed by atoms with Gasteiger partial charge in [0.1, 0.15) is 17.1 Å². The summed E-state index contributed by atoms with van der Waals surface area (Å²) < 4.78 is 10.2. The van der Waals surface area contributed by atoms with Crippen molar-refractivity contribution in [3.63, 3.8) is 0 Å². The monoisotopic (exact) mass is 491 g/mol. The molecule has 0 spiro atoms. The summed E-state index contributed by atoms with van der Waals surface area (Å²) in [5, 5.41) is 6.49. The highest BCUT2D eigenvalue weighted by molar-refractivity contribution is 7.99. The zero-order valence-electron chi connectivity index (χ0n) is 19.4. The van der Waals surface area contributed by atoms with E-state index in [1.165, 1.54) is 11.2 Å². The molecule has 0 saturated heterocycles. The molecule has 0 bridgehead atoms. The maximum atomic E-state index is 13.3. The molecule has 3 aromatic rings. The number of rotatable bonds is 8. The van der Waals surface area contributed by atoms with Crippen molar-refractivity contribution in [3.05, 3.63) is 77.5 Å². The van der Waals surface area contributed by atoms with Gasteiger partial charge in [-0.1, -0.05) is 54.2 Å². The second-order valence-corrected chi connectivity index (χ2v) is 8.55. The number of nitrogen functional groups attached to an aromatic ring is 1. The van der Waals surface area contributed by atoms with E-state index in [1.54, 1.807) is 14.0 Å². The molecule has 2 heterocycles. The number of nitrogens with zero attached hydrogens (tertiary/aromatic N) is 4. The van der Waals surface area contributed by atoms with Crippen LogP contribution < -0.4 is 10.5 Å². The lowest BCUT2D eigenvalue weighted by molar-refractivity contribution is -0.130. The number of methoxy groups -OCH3 is 1. The third-order valence-electron chi connectivity index (χ3n) is 5.39. The third-order valence-corrected chi connectivity index (χ3v) is 6.24. The standard InChI is InChI=1S/C25H25N5O4S/c1-3-34-24(32)19-14-27-25(28-23(19)26)35-15-22(31)30-21(17-9-11-18(33-2)12-10-17)13-20(29-30)16-7-5-4-6-8-16/h4-12,14,21H,3,13,15H2,1-2H3,(H2,26,27,28). The Hall–Kier alpha value is -3.92. The largest absolute Gasteiger partial charge is 0.497 e. The van der Waals surface area contributed by atoms with Gasteiger partial charge in [0.15, 0.2) is 5.16 Å². The Bertz CT molecular complexity index is 1230. The highest BCUT2D eigenvalue weighted by atomic mass is 32.2. The average molecular weight is 492 g/mol. The molecule has 1 atom stereocenters. The van der Waals surface area contributed by atoms with Gasteiger partial charge < -0.3 is 15.2 Å². The molecule has 4 rings (SSSR count). The topological polar surface area (TPSA) is 120 Å². The van der Waals surface area contributed by atoms with Crippen LogP contribution in [0.2, 0.25) is 0 Å². The minimum absolute atomic E-state index is 0.00932. The number of hydrogen-bond acceptors (Lipinski definition) is 9. The van der Waals surface area contributed by atoms with E-state index in [-0.39, 0.29) is 40.8 Å². The minimum atomic E-state index is -0.584. The van der Waals surface area contributed by atoms with Crippen LogP contribution in [0.25, 0.3) is 0 Å². The average Bonchev–Trinajstić information content (AvgIpc) is 3.34. The Morgan fingerprint density at radius 1 is 1.14 bits per heavy atom. The number of nitrogens with two attached hydrogens (primary N) is 1. The Morgan fingerprint density at radius 2 is 1.89 bits per heavy atom. The van der Waals surface area contributed by atoms with Gasteiger partial charge in [0.25, 0.3) is 5.91 Å². The van der Waals surface area contributed by atoms with Gasteiger partial charge in [0.05, 0.1) is 31.2 Å². The van der Waals surface area contributed by atoms with Crippen molar-refractivity contribution in [3.8, 4) is 5.75 Å². The number of ether oxygens (including phenoxy) is 2. The normalized spacial score (nSPS) is 15.0. The molecule has 1 unspecified atom stereocenters. The molecule has 0 aliphatic carbocycles. The van der Waals surface area contributed by atoms with Crippen molar-refractivity contribution in [2.24, 2.45) is 5.10 Å². The summed E-state index contributed by atoms with van der Waals surface area (Å²) in [5.74, 6) is 0.0230. The number of aromatic nitrogens is 2. The second-order valence-electron chi connectivity index (χ2n) is 7.60. The molecule has 9 nitrogen and oxygen atoms in total. The molecule has 0 saturated carbocycles. The lowest BCUT2D eigenvalue weighted by Crippen LogP contribution is -2.28. The van der Waals surface area contributed by atoms with Crippen LogP contribution in [0, 0.1) is 0 Å². The molecule has 1 aliphatic rings. The highest BCUT2D eigenvalue weighted by Gasteiger charge is 2.33. The van der Waals surface area contributed by atoms with E-state index in [4.69, 9.17) is 15.2 Å². The number of esters is 1. The van der Waals surface area contributed by atoms with E-state index >= 15 is 0 Å². The SMILES string of the molecule is CCOC(=O)c1cnc(SCC(=O)N2N=C(c3ccccc3)CC2c2ccc(OC)cc2)nc1N. The maximum absolute atomic E-state index is 13.3. The number of amides is 1. The minimum Gasteiger partial charge on any atom is -0.497 e. The first-order valence-corrected chi connectivity index (χ1v) is 12.0. The molecule has 0 radical (unpaired) electrons. The number of hydrazone groups is 1. The van der Waals surface area contributed by atoms with E-state index < -0.39 is 5.97 Å². The molecular weight excluding hydrogens is 466 g/mol. The van der Waals surface area contributed by atoms with Gasteiger partial charge in [0, 0.05) is 12.6 Å². The molecule has 2 N–H and O–H groups in total. The summed E-state index contributed by atoms with van der Waals surface area (Å²) in [4.78, 5) is 33.5. The molecule has 1 amide bonds. The van der Waals surface area contributed by atoms with Gasteiger partial charge in [-0.15, -0.1) is 0 Å². The zero-order chi connectivity index (χ0) is 24.8. The van der Waals surface area contributed by atoms with Gasteiger partial charge in [-0.2, -0.15) is 5.10 Å². The smallest absolute Gasteiger partial charge is 0.343 e. The van der Waals surface area contributed by atoms with Crippen LogP contribution in [0.5, 0.6) is 5.75 Å². The molecule has 1 aromatic heterocycles. The zero-order valence-corrected chi connectivity index (χ0v) is 20.2. The van der Waals surface area contributed by atoms with Gasteiger partial charge in [-0.05, 0) is 30.2 Å². The molecule has 10 heteroatoms. The summed E-state index contributed by atoms with van der Waals surface area (Å²) in [6, 6.07) is 17.2. The summed E-state index contributed by atoms with van der Waals surface area (Å²) >= 11 is 1.13. The number of thioether (sulfide) groups is 1. The van der Waals surface area contributed by atoms with Crippen molar-refractivity contribution in [2.75, 3.05) is 25.2 Å². The summed E-state index contributed by atoms with van der Waals surface area (Å²) in [6.45, 7) is 1.92. The first-order chi connectivity index (χ1) is 17.0. The Labute approximate surface area is 207 Å². The maximum Gasteiger partial charge on any atom is 0.343 e. The van der Waals surface area contributed by atoms with Crippen molar-refractivity contribution in [2.45, 2.75) is 24.5 Å². The summed E-state index contributed by atoms with van der Waals surface area (Å²) in [6.07, 6.45) is 1.90. The Kier molecular flexibility index (Phi) is 7.61. The van der Waals surface area contributed by atoms with Gasteiger partial charge >= 0.3 is 5.97 Å². The Balaban J connectivity index is 1.52. The lowest BCUT2D eigenvalue weighted by atomic mass is 9.98. The van der Waals surface area contributed by atoms with E-state index in [0.29, 0.717) is 6.42 Å². The number of hydrogen-bond donors (Lipinski definition) is 1. The first-order valence-electron chi connectivity index (χ1n) is 11.0. The van der Waals surface area contributed by atoms with Gasteiger partial charge in [-0.3, -0.25) is 4.79 Å². The fraction of sp³-hybridized carbons (Fsp3) is 0.240. The van der Waals surface area contributed by atoms with Crippen LogP contribution in [-0.2, 0) is 9.53 Å². The number of benzene rings is 2. The summed E-state index contributed by atoms with van der Waals surface area (Å²) in [5.41, 5.74) is 8.75. The number of carbonyl (C=O) groups excluding carboxylic acids is 2. The highest BCUT2D eigenvalue weighted by Crippen LogP contribution is 2.34. The van der Waals surface area contributed by atoms with Crippen molar-refractivity contribution in [1.29, 1.82) is 0 Å². The summed E-state index contributed by atoms with van der Waals surface area (Å²) in [7, 11) is 1.61. The van der Waals surface area contributed by atoms with E-state index in [2.05, 4.69) is 15.1 Å². The predicted octanol–water partition coefficient (Wildman–Crippen LogP) is 3.71. The predicted molar refractivity (Wildman–Crippen MR) is 133 cm³/mol. The van der Waals surface area contributed by atoms with E-state index in [1.807, 2.05) is 54.6 Å². The van der Waals surface area contributed by atoms with Gasteiger partial charge in [-0.25, -0.2) is 19.8 Å². The third kappa shape index (κ3) is 5.60. The molecule has 1 aliphatic heterocycles. The second kappa shape index (κ2) is 11.0. The molecular formula is C25H25N5O4S. The van der Waals surface area contributed by atoms with Crippen LogP contribution in [0.4, 0.5) is 5.82 Å². The van der Waals surface area contributed by atoms with Crippen LogP contribution in [0.15, 0.2) is 71.1 Å². The van der Waals surface area contributed by atoms with Gasteiger partial charge in [0.2, 0.25) is 0 Å². The first kappa shape index (κ1) is 24.2. The van der Waals surface area contributed by atoms with Crippen LogP contribution in [0.1, 0.15) is 40.9 Å². The Morgan fingerprint density at radius 3 is 2.54 bits per heavy atom. The molecule has 180 valence electrons. The fourth-order valence-corrected chi connectivity index (χ4v) is 4.31. The molecule has 0 fully saturated rings. The van der Waals surface area contributed by atoms with Crippen LogP contribution in [-0.4, -0.2) is 52.0 Å². The van der Waals surface area contributed by atoms with Crippen LogP contribution >= 0.6 is 11.8 Å². The molecule has 35 heavy (non-hydrogen) atoms. The number of anilines is 1. The van der Waals surface area contributed by atoms with Crippen molar-refractivity contribution >= 4 is 35.2 Å². The lowest BCUT2D eigenvalue weighted by Gasteiger charge is -2.22. The fourth-order valence-electron chi connectivity index (χ4n) is 3.64. The number of carbonyl (C=O) groups is 2. The quantitative estimate of drug-likeness (QED) is 0.288. The van der Waals surface area contributed by atoms with Crippen LogP contribution in [0.3, 0.4) is 0 Å². The molecule has 2 aromatic carbocycles. The van der Waals surface area contributed by atoms with E-state index in [9.17, 15) is 9.59 Å². The van der Waals surface area contributed by atoms with Crippen molar-refractivity contribution in [1.82, 2.24) is 15.0 Å².